The van der Waals surface area contributed by atoms with Crippen LogP contribution in [0.15, 0.2) is 17.0 Å². The molecule has 0 amide bonds. The van der Waals surface area contributed by atoms with Gasteiger partial charge < -0.3 is 9.84 Å². The van der Waals surface area contributed by atoms with Crippen molar-refractivity contribution < 1.29 is 14.6 Å². The summed E-state index contributed by atoms with van der Waals surface area (Å²) >= 11 is 4.37. The number of thiol groups is 1. The van der Waals surface area contributed by atoms with Crippen LogP contribution in [0.1, 0.15) is 24.0 Å². The number of ether oxygens (including phenoxy) is 1. The van der Waals surface area contributed by atoms with Crippen molar-refractivity contribution in [2.24, 2.45) is 5.92 Å². The molecule has 0 fully saturated rings. The molecule has 0 aliphatic heterocycles. The van der Waals surface area contributed by atoms with Crippen LogP contribution in [0.25, 0.3) is 0 Å². The molecule has 0 saturated carbocycles. The van der Waals surface area contributed by atoms with Gasteiger partial charge in [-0.25, -0.2) is 0 Å². The maximum absolute atomic E-state index is 10.7. The molecule has 3 nitrogen and oxygen atoms in total. The first kappa shape index (κ1) is 12.3. The molecule has 1 atom stereocenters. The lowest BCUT2D eigenvalue weighted by Gasteiger charge is -2.24. The fraction of sp³-hybridized carbons (Fsp3) is 0.462. The molecule has 1 aliphatic rings. The lowest BCUT2D eigenvalue weighted by atomic mass is 9.82. The summed E-state index contributed by atoms with van der Waals surface area (Å²) in [6, 6.07) is 4.03. The molecule has 0 heterocycles. The molecule has 1 unspecified atom stereocenters. The third kappa shape index (κ3) is 2.75. The van der Waals surface area contributed by atoms with E-state index in [2.05, 4.69) is 12.6 Å². The predicted octanol–water partition coefficient (Wildman–Crippen LogP) is 2.56. The standard InChI is InChI=1S/C13H16O3S/c1-16-11-6-10-4-8(5-13(14)15)2-3-9(10)7-12(11)17/h6-8,17H,2-5H2,1H3,(H,14,15). The molecule has 1 aromatic rings. The second kappa shape index (κ2) is 5.00. The molecule has 1 aromatic carbocycles. The predicted molar refractivity (Wildman–Crippen MR) is 68.0 cm³/mol. The largest absolute Gasteiger partial charge is 0.496 e. The molecule has 1 N–H and O–H groups in total. The van der Waals surface area contributed by atoms with Crippen molar-refractivity contribution in [1.82, 2.24) is 0 Å². The van der Waals surface area contributed by atoms with Gasteiger partial charge in [0.2, 0.25) is 0 Å². The average Bonchev–Trinajstić information content (AvgIpc) is 2.28. The highest BCUT2D eigenvalue weighted by Crippen LogP contribution is 2.33. The van der Waals surface area contributed by atoms with Crippen LogP contribution in [0.4, 0.5) is 0 Å². The summed E-state index contributed by atoms with van der Waals surface area (Å²) in [4.78, 5) is 11.6. The fourth-order valence-electron chi connectivity index (χ4n) is 2.43. The Labute approximate surface area is 106 Å². The van der Waals surface area contributed by atoms with E-state index in [4.69, 9.17) is 9.84 Å². The first-order chi connectivity index (χ1) is 8.10. The monoisotopic (exact) mass is 252 g/mol. The first-order valence-electron chi connectivity index (χ1n) is 5.70. The Hall–Kier alpha value is -1.16. The van der Waals surface area contributed by atoms with E-state index in [9.17, 15) is 4.79 Å². The summed E-state index contributed by atoms with van der Waals surface area (Å²) in [5.74, 6) is 0.301. The molecule has 92 valence electrons. The number of rotatable bonds is 3. The number of aryl methyl sites for hydroxylation is 1. The van der Waals surface area contributed by atoms with Crippen molar-refractivity contribution in [3.63, 3.8) is 0 Å². The number of benzene rings is 1. The number of carbonyl (C=O) groups is 1. The Bertz CT molecular complexity index is 443. The van der Waals surface area contributed by atoms with Gasteiger partial charge in [0.25, 0.3) is 0 Å². The summed E-state index contributed by atoms with van der Waals surface area (Å²) in [5.41, 5.74) is 2.48. The molecule has 0 radical (unpaired) electrons. The molecule has 0 aromatic heterocycles. The summed E-state index contributed by atoms with van der Waals surface area (Å²) in [7, 11) is 1.62. The zero-order valence-electron chi connectivity index (χ0n) is 9.77. The van der Waals surface area contributed by atoms with Gasteiger partial charge in [0.05, 0.1) is 7.11 Å². The van der Waals surface area contributed by atoms with Gasteiger partial charge in [-0.05, 0) is 48.4 Å². The number of carboxylic acids is 1. The minimum absolute atomic E-state index is 0.246. The summed E-state index contributed by atoms with van der Waals surface area (Å²) < 4.78 is 5.23. The second-order valence-electron chi connectivity index (χ2n) is 4.50. The van der Waals surface area contributed by atoms with E-state index >= 15 is 0 Å². The van der Waals surface area contributed by atoms with Crippen molar-refractivity contribution in [3.8, 4) is 5.75 Å². The van der Waals surface area contributed by atoms with Crippen LogP contribution < -0.4 is 4.74 Å². The Morgan fingerprint density at radius 1 is 1.53 bits per heavy atom. The minimum Gasteiger partial charge on any atom is -0.496 e. The smallest absolute Gasteiger partial charge is 0.303 e. The minimum atomic E-state index is -0.712. The highest BCUT2D eigenvalue weighted by molar-refractivity contribution is 7.80. The Morgan fingerprint density at radius 3 is 2.94 bits per heavy atom. The fourth-order valence-corrected chi connectivity index (χ4v) is 2.75. The summed E-state index contributed by atoms with van der Waals surface area (Å²) in [6.07, 6.45) is 2.96. The van der Waals surface area contributed by atoms with Crippen molar-refractivity contribution >= 4 is 18.6 Å². The van der Waals surface area contributed by atoms with Gasteiger partial charge in [-0.1, -0.05) is 0 Å². The van der Waals surface area contributed by atoms with Crippen LogP contribution in [-0.4, -0.2) is 18.2 Å². The van der Waals surface area contributed by atoms with Gasteiger partial charge in [-0.3, -0.25) is 4.79 Å². The average molecular weight is 252 g/mol. The quantitative estimate of drug-likeness (QED) is 0.813. The molecular formula is C13H16O3S. The van der Waals surface area contributed by atoms with E-state index in [0.29, 0.717) is 0 Å². The van der Waals surface area contributed by atoms with Crippen LogP contribution in [0.3, 0.4) is 0 Å². The van der Waals surface area contributed by atoms with Crippen molar-refractivity contribution in [2.45, 2.75) is 30.6 Å². The van der Waals surface area contributed by atoms with Gasteiger partial charge in [0, 0.05) is 11.3 Å². The highest BCUT2D eigenvalue weighted by Gasteiger charge is 2.22. The van der Waals surface area contributed by atoms with Crippen LogP contribution >= 0.6 is 12.6 Å². The molecule has 0 saturated heterocycles. The number of hydrogen-bond acceptors (Lipinski definition) is 3. The topological polar surface area (TPSA) is 46.5 Å². The van der Waals surface area contributed by atoms with Crippen LogP contribution in [-0.2, 0) is 17.6 Å². The number of hydrogen-bond donors (Lipinski definition) is 2. The van der Waals surface area contributed by atoms with Gasteiger partial charge in [-0.15, -0.1) is 12.6 Å². The Morgan fingerprint density at radius 2 is 2.29 bits per heavy atom. The zero-order valence-corrected chi connectivity index (χ0v) is 10.7. The number of aliphatic carboxylic acids is 1. The van der Waals surface area contributed by atoms with Crippen molar-refractivity contribution in [1.29, 1.82) is 0 Å². The number of carboxylic acid groups (broad SMARTS) is 1. The van der Waals surface area contributed by atoms with Gasteiger partial charge in [0.15, 0.2) is 0 Å². The van der Waals surface area contributed by atoms with Crippen molar-refractivity contribution in [3.05, 3.63) is 23.3 Å². The van der Waals surface area contributed by atoms with E-state index in [-0.39, 0.29) is 12.3 Å². The van der Waals surface area contributed by atoms with Crippen LogP contribution in [0.5, 0.6) is 5.75 Å². The molecule has 17 heavy (non-hydrogen) atoms. The van der Waals surface area contributed by atoms with E-state index in [1.54, 1.807) is 7.11 Å². The van der Waals surface area contributed by atoms with Gasteiger partial charge >= 0.3 is 5.97 Å². The number of methoxy groups -OCH3 is 1. The Kier molecular flexibility index (Phi) is 3.62. The van der Waals surface area contributed by atoms with E-state index in [0.717, 1.165) is 29.9 Å². The molecular weight excluding hydrogens is 236 g/mol. The lowest BCUT2D eigenvalue weighted by Crippen LogP contribution is -2.17. The number of fused-ring (bicyclic) bond motifs is 1. The van der Waals surface area contributed by atoms with E-state index in [1.807, 2.05) is 12.1 Å². The molecule has 2 rings (SSSR count). The second-order valence-corrected chi connectivity index (χ2v) is 4.98. The summed E-state index contributed by atoms with van der Waals surface area (Å²) in [5, 5.41) is 8.82. The lowest BCUT2D eigenvalue weighted by molar-refractivity contribution is -0.138. The van der Waals surface area contributed by atoms with Crippen molar-refractivity contribution in [2.75, 3.05) is 7.11 Å². The first-order valence-corrected chi connectivity index (χ1v) is 6.15. The maximum Gasteiger partial charge on any atom is 0.303 e. The third-order valence-electron chi connectivity index (χ3n) is 3.29. The Balaban J connectivity index is 2.22. The molecule has 1 aliphatic carbocycles. The van der Waals surface area contributed by atoms with Crippen LogP contribution in [0.2, 0.25) is 0 Å². The SMILES string of the molecule is COc1cc2c(cc1S)CCC(CC(=O)O)C2. The highest BCUT2D eigenvalue weighted by atomic mass is 32.1. The summed E-state index contributed by atoms with van der Waals surface area (Å²) in [6.45, 7) is 0. The third-order valence-corrected chi connectivity index (χ3v) is 3.64. The van der Waals surface area contributed by atoms with Crippen LogP contribution in [0, 0.1) is 5.92 Å². The van der Waals surface area contributed by atoms with E-state index < -0.39 is 5.97 Å². The van der Waals surface area contributed by atoms with Gasteiger partial charge in [-0.2, -0.15) is 0 Å². The maximum atomic E-state index is 10.7. The van der Waals surface area contributed by atoms with E-state index in [1.165, 1.54) is 11.1 Å². The molecule has 0 bridgehead atoms. The molecule has 4 heteroatoms. The van der Waals surface area contributed by atoms with Gasteiger partial charge in [0.1, 0.15) is 5.75 Å². The zero-order chi connectivity index (χ0) is 12.4. The molecule has 0 spiro atoms. The normalized spacial score (nSPS) is 18.6.